The molecule has 0 saturated carbocycles. The highest BCUT2D eigenvalue weighted by atomic mass is 16.7. The molecule has 2 aromatic rings. The molecule has 3 heterocycles. The minimum Gasteiger partial charge on any atom is -0.347 e. The second-order valence-electron chi connectivity index (χ2n) is 4.49. The van der Waals surface area contributed by atoms with Crippen LogP contribution in [0.3, 0.4) is 0 Å². The molecule has 6 heteroatoms. The summed E-state index contributed by atoms with van der Waals surface area (Å²) < 4.78 is 13.3. The van der Waals surface area contributed by atoms with E-state index in [-0.39, 0.29) is 0 Å². The van der Waals surface area contributed by atoms with E-state index >= 15 is 0 Å². The van der Waals surface area contributed by atoms with Crippen molar-refractivity contribution in [3.63, 3.8) is 0 Å². The van der Waals surface area contributed by atoms with E-state index in [1.807, 2.05) is 10.7 Å². The van der Waals surface area contributed by atoms with E-state index in [0.29, 0.717) is 19.0 Å². The van der Waals surface area contributed by atoms with Crippen LogP contribution in [0.1, 0.15) is 17.7 Å². The van der Waals surface area contributed by atoms with Crippen molar-refractivity contribution in [1.29, 1.82) is 0 Å². The zero-order chi connectivity index (χ0) is 11.3. The molecule has 1 aliphatic heterocycles. The lowest BCUT2D eigenvalue weighted by Crippen LogP contribution is -2.37. The Morgan fingerprint density at radius 3 is 3.00 bits per heavy atom. The molecular weight excluding hydrogens is 220 g/mol. The monoisotopic (exact) mass is 232 g/mol. The summed E-state index contributed by atoms with van der Waals surface area (Å²) in [5.74, 6) is 0.246. The number of aromatic nitrogens is 4. The number of aryl methyl sites for hydroxylation is 1. The number of nitrogens with zero attached hydrogens (tertiary/aromatic N) is 4. The fourth-order valence-electron chi connectivity index (χ4n) is 2.70. The van der Waals surface area contributed by atoms with E-state index in [4.69, 9.17) is 9.47 Å². The molecule has 1 fully saturated rings. The SMILES string of the molecule is c1nc2ncc3c(n2n1)CCC1(C3)OCCO1. The Balaban J connectivity index is 1.82. The fraction of sp³-hybridized carbons (Fsp3) is 0.545. The van der Waals surface area contributed by atoms with E-state index < -0.39 is 5.79 Å². The van der Waals surface area contributed by atoms with Crippen LogP contribution < -0.4 is 0 Å². The van der Waals surface area contributed by atoms with Gasteiger partial charge >= 0.3 is 0 Å². The minimum atomic E-state index is -0.414. The van der Waals surface area contributed by atoms with E-state index in [2.05, 4.69) is 15.1 Å². The lowest BCUT2D eigenvalue weighted by Gasteiger charge is -2.32. The van der Waals surface area contributed by atoms with Gasteiger partial charge in [-0.05, 0) is 12.0 Å². The summed E-state index contributed by atoms with van der Waals surface area (Å²) in [6.45, 7) is 1.38. The summed E-state index contributed by atoms with van der Waals surface area (Å²) in [7, 11) is 0. The Kier molecular flexibility index (Phi) is 1.81. The molecule has 17 heavy (non-hydrogen) atoms. The summed E-state index contributed by atoms with van der Waals surface area (Å²) in [5, 5.41) is 4.21. The average Bonchev–Trinajstić information content (AvgIpc) is 2.98. The van der Waals surface area contributed by atoms with Crippen LogP contribution in [-0.2, 0) is 22.3 Å². The first-order valence-corrected chi connectivity index (χ1v) is 5.81. The molecule has 0 bridgehead atoms. The lowest BCUT2D eigenvalue weighted by atomic mass is 9.91. The van der Waals surface area contributed by atoms with Gasteiger partial charge in [0.25, 0.3) is 5.78 Å². The van der Waals surface area contributed by atoms with Crippen LogP contribution in [0.15, 0.2) is 12.5 Å². The van der Waals surface area contributed by atoms with Gasteiger partial charge in [-0.15, -0.1) is 0 Å². The molecule has 1 saturated heterocycles. The van der Waals surface area contributed by atoms with Gasteiger partial charge in [0.05, 0.1) is 18.9 Å². The normalized spacial score (nSPS) is 22.1. The molecule has 88 valence electrons. The highest BCUT2D eigenvalue weighted by Gasteiger charge is 2.40. The topological polar surface area (TPSA) is 61.5 Å². The Bertz CT molecular complexity index is 574. The Morgan fingerprint density at radius 1 is 1.24 bits per heavy atom. The summed E-state index contributed by atoms with van der Waals surface area (Å²) in [5.41, 5.74) is 2.33. The highest BCUT2D eigenvalue weighted by molar-refractivity contribution is 5.34. The number of ether oxygens (including phenoxy) is 2. The van der Waals surface area contributed by atoms with E-state index in [9.17, 15) is 0 Å². The van der Waals surface area contributed by atoms with Gasteiger partial charge in [-0.25, -0.2) is 9.50 Å². The van der Waals surface area contributed by atoms with Crippen molar-refractivity contribution in [2.45, 2.75) is 25.0 Å². The number of fused-ring (bicyclic) bond motifs is 3. The van der Waals surface area contributed by atoms with Gasteiger partial charge in [0, 0.05) is 19.0 Å². The van der Waals surface area contributed by atoms with Crippen molar-refractivity contribution in [2.75, 3.05) is 13.2 Å². The predicted molar refractivity (Wildman–Crippen MR) is 57.4 cm³/mol. The van der Waals surface area contributed by atoms with Crippen LogP contribution in [0.5, 0.6) is 0 Å². The second kappa shape index (κ2) is 3.24. The van der Waals surface area contributed by atoms with Crippen LogP contribution in [0.2, 0.25) is 0 Å². The number of rotatable bonds is 0. The number of hydrogen-bond donors (Lipinski definition) is 0. The molecular formula is C11H12N4O2. The third-order valence-corrected chi connectivity index (χ3v) is 3.51. The zero-order valence-electron chi connectivity index (χ0n) is 9.30. The van der Waals surface area contributed by atoms with Crippen molar-refractivity contribution in [3.05, 3.63) is 23.8 Å². The van der Waals surface area contributed by atoms with E-state index in [1.165, 1.54) is 12.0 Å². The van der Waals surface area contributed by atoms with Gasteiger partial charge in [-0.1, -0.05) is 0 Å². The molecule has 4 rings (SSSR count). The Hall–Kier alpha value is -1.53. The Morgan fingerprint density at radius 2 is 2.12 bits per heavy atom. The average molecular weight is 232 g/mol. The summed E-state index contributed by atoms with van der Waals surface area (Å²) in [6.07, 6.45) is 5.92. The van der Waals surface area contributed by atoms with Crippen molar-refractivity contribution >= 4 is 5.78 Å². The predicted octanol–water partition coefficient (Wildman–Crippen LogP) is 0.356. The van der Waals surface area contributed by atoms with Gasteiger partial charge in [-0.3, -0.25) is 0 Å². The molecule has 0 N–H and O–H groups in total. The summed E-state index contributed by atoms with van der Waals surface area (Å²) >= 11 is 0. The molecule has 1 aliphatic carbocycles. The molecule has 0 atom stereocenters. The van der Waals surface area contributed by atoms with Crippen molar-refractivity contribution in [3.8, 4) is 0 Å². The van der Waals surface area contributed by atoms with Gasteiger partial charge in [0.1, 0.15) is 6.33 Å². The van der Waals surface area contributed by atoms with Gasteiger partial charge < -0.3 is 9.47 Å². The first-order valence-electron chi connectivity index (χ1n) is 5.81. The lowest BCUT2D eigenvalue weighted by molar-refractivity contribution is -0.164. The maximum atomic E-state index is 5.74. The standard InChI is InChI=1S/C11H12N4O2/c1-2-11(16-3-4-17-11)5-8-6-12-10-13-7-14-15(10)9(1)8/h6-7H,1-5H2. The molecule has 2 aromatic heterocycles. The smallest absolute Gasteiger partial charge is 0.252 e. The van der Waals surface area contributed by atoms with Crippen molar-refractivity contribution in [2.24, 2.45) is 0 Å². The first kappa shape index (κ1) is 9.49. The maximum absolute atomic E-state index is 5.74. The number of hydrogen-bond acceptors (Lipinski definition) is 5. The van der Waals surface area contributed by atoms with Gasteiger partial charge in [0.2, 0.25) is 0 Å². The maximum Gasteiger partial charge on any atom is 0.252 e. The summed E-state index contributed by atoms with van der Waals surface area (Å²) in [6, 6.07) is 0. The van der Waals surface area contributed by atoms with Gasteiger partial charge in [0.15, 0.2) is 5.79 Å². The van der Waals surface area contributed by atoms with Gasteiger partial charge in [-0.2, -0.15) is 10.1 Å². The second-order valence-corrected chi connectivity index (χ2v) is 4.49. The molecule has 0 unspecified atom stereocenters. The van der Waals surface area contributed by atoms with Crippen LogP contribution in [0.25, 0.3) is 5.78 Å². The van der Waals surface area contributed by atoms with Crippen molar-refractivity contribution < 1.29 is 9.47 Å². The highest BCUT2D eigenvalue weighted by Crippen LogP contribution is 2.34. The van der Waals surface area contributed by atoms with Crippen LogP contribution in [-0.4, -0.2) is 38.6 Å². The van der Waals surface area contributed by atoms with Crippen LogP contribution in [0, 0.1) is 0 Å². The van der Waals surface area contributed by atoms with E-state index in [1.54, 1.807) is 0 Å². The zero-order valence-corrected chi connectivity index (χ0v) is 9.30. The quantitative estimate of drug-likeness (QED) is 0.656. The molecule has 2 aliphatic rings. The van der Waals surface area contributed by atoms with E-state index in [0.717, 1.165) is 24.8 Å². The fourth-order valence-corrected chi connectivity index (χ4v) is 2.70. The minimum absolute atomic E-state index is 0.414. The third-order valence-electron chi connectivity index (χ3n) is 3.51. The first-order chi connectivity index (χ1) is 8.36. The van der Waals surface area contributed by atoms with Crippen LogP contribution >= 0.6 is 0 Å². The largest absolute Gasteiger partial charge is 0.347 e. The molecule has 1 spiro atoms. The molecule has 0 aromatic carbocycles. The Labute approximate surface area is 97.6 Å². The third kappa shape index (κ3) is 1.31. The van der Waals surface area contributed by atoms with Crippen LogP contribution in [0.4, 0.5) is 0 Å². The molecule has 0 amide bonds. The molecule has 6 nitrogen and oxygen atoms in total. The molecule has 0 radical (unpaired) electrons. The summed E-state index contributed by atoms with van der Waals surface area (Å²) in [4.78, 5) is 8.38. The van der Waals surface area contributed by atoms with Crippen molar-refractivity contribution in [1.82, 2.24) is 19.6 Å².